The fraction of sp³-hybridized carbons (Fsp3) is 0.714. The average Bonchev–Trinajstić information content (AvgIpc) is 2.88. The third-order valence-corrected chi connectivity index (χ3v) is 2.95. The van der Waals surface area contributed by atoms with E-state index in [2.05, 4.69) is 10.2 Å². The van der Waals surface area contributed by atoms with Crippen molar-refractivity contribution in [3.63, 3.8) is 0 Å². The Balaban J connectivity index is 2.04. The summed E-state index contributed by atoms with van der Waals surface area (Å²) in [5, 5.41) is 7.10. The van der Waals surface area contributed by atoms with Crippen LogP contribution in [0.15, 0.2) is 9.95 Å². The molecule has 1 aromatic heterocycles. The van der Waals surface area contributed by atoms with Gasteiger partial charge in [0.2, 0.25) is 0 Å². The molecule has 0 spiro atoms. The Hall–Kier alpha value is -0.750. The number of nitrogens with one attached hydrogen (secondary N) is 1. The highest BCUT2D eigenvalue weighted by molar-refractivity contribution is 7.99. The molecule has 0 bridgehead atoms. The van der Waals surface area contributed by atoms with Crippen LogP contribution in [0.25, 0.3) is 0 Å². The summed E-state index contributed by atoms with van der Waals surface area (Å²) < 4.78 is 6.68. The maximum absolute atomic E-state index is 11.1. The number of nitrogens with zero attached hydrogens (tertiary/aromatic N) is 2. The number of rotatable bonds is 4. The largest absolute Gasteiger partial charge is 0.372 e. The molecule has 1 aromatic rings. The number of aromatic amines is 1. The molecule has 1 atom stereocenters. The van der Waals surface area contributed by atoms with E-state index < -0.39 is 0 Å². The first-order valence-electron chi connectivity index (χ1n) is 4.21. The highest BCUT2D eigenvalue weighted by atomic mass is 32.2. The van der Waals surface area contributed by atoms with E-state index in [1.807, 2.05) is 6.92 Å². The molecule has 13 heavy (non-hydrogen) atoms. The predicted molar refractivity (Wildman–Crippen MR) is 49.0 cm³/mol. The van der Waals surface area contributed by atoms with Crippen molar-refractivity contribution in [3.05, 3.63) is 10.5 Å². The summed E-state index contributed by atoms with van der Waals surface area (Å²) in [5.74, 6) is 0.879. The summed E-state index contributed by atoms with van der Waals surface area (Å²) in [6.45, 7) is 3.42. The van der Waals surface area contributed by atoms with Crippen molar-refractivity contribution in [3.8, 4) is 0 Å². The van der Waals surface area contributed by atoms with Gasteiger partial charge in [-0.2, -0.15) is 0 Å². The smallest absolute Gasteiger partial charge is 0.343 e. The molecule has 72 valence electrons. The first-order valence-corrected chi connectivity index (χ1v) is 5.19. The van der Waals surface area contributed by atoms with E-state index in [-0.39, 0.29) is 5.69 Å². The van der Waals surface area contributed by atoms with Crippen molar-refractivity contribution >= 4 is 11.8 Å². The summed E-state index contributed by atoms with van der Waals surface area (Å²) in [5.41, 5.74) is -0.137. The second-order valence-corrected chi connectivity index (χ2v) is 3.81. The fourth-order valence-electron chi connectivity index (χ4n) is 1.02. The zero-order valence-electron chi connectivity index (χ0n) is 7.32. The SMILES string of the molecule is CCn1c(SCC2CO2)n[nH]c1=O. The fourth-order valence-corrected chi connectivity index (χ4v) is 2.03. The molecule has 5 nitrogen and oxygen atoms in total. The molecule has 1 unspecified atom stereocenters. The number of hydrogen-bond acceptors (Lipinski definition) is 4. The number of aromatic nitrogens is 3. The molecule has 6 heteroatoms. The van der Waals surface area contributed by atoms with Crippen LogP contribution in [0, 0.1) is 0 Å². The molecule has 1 aliphatic rings. The summed E-state index contributed by atoms with van der Waals surface area (Å²) >= 11 is 1.56. The molecule has 1 N–H and O–H groups in total. The van der Waals surface area contributed by atoms with Gasteiger partial charge in [-0.1, -0.05) is 11.8 Å². The molecule has 0 saturated carbocycles. The van der Waals surface area contributed by atoms with E-state index >= 15 is 0 Å². The van der Waals surface area contributed by atoms with Gasteiger partial charge < -0.3 is 4.74 Å². The molecule has 2 rings (SSSR count). The van der Waals surface area contributed by atoms with Gasteiger partial charge in [0.15, 0.2) is 5.16 Å². The van der Waals surface area contributed by atoms with Crippen LogP contribution in [0.1, 0.15) is 6.92 Å². The first-order chi connectivity index (χ1) is 6.31. The molecule has 0 aromatic carbocycles. The molecule has 1 saturated heterocycles. The third-order valence-electron chi connectivity index (χ3n) is 1.84. The zero-order valence-corrected chi connectivity index (χ0v) is 8.13. The summed E-state index contributed by atoms with van der Waals surface area (Å²) in [6, 6.07) is 0. The van der Waals surface area contributed by atoms with Crippen LogP contribution < -0.4 is 5.69 Å². The molecular weight excluding hydrogens is 190 g/mol. The Labute approximate surface area is 79.5 Å². The van der Waals surface area contributed by atoms with Gasteiger partial charge in [0.05, 0.1) is 12.7 Å². The second kappa shape index (κ2) is 3.55. The van der Waals surface area contributed by atoms with Crippen molar-refractivity contribution in [1.82, 2.24) is 14.8 Å². The van der Waals surface area contributed by atoms with E-state index in [1.165, 1.54) is 0 Å². The molecule has 1 aliphatic heterocycles. The van der Waals surface area contributed by atoms with Gasteiger partial charge in [-0.25, -0.2) is 9.89 Å². The standard InChI is InChI=1S/C7H11N3O2S/c1-2-10-6(11)8-9-7(10)13-4-5-3-12-5/h5H,2-4H2,1H3,(H,8,11). The molecule has 0 radical (unpaired) electrons. The van der Waals surface area contributed by atoms with Gasteiger partial charge in [-0.05, 0) is 6.92 Å². The Morgan fingerprint density at radius 1 is 1.85 bits per heavy atom. The quantitative estimate of drug-likeness (QED) is 0.553. The van der Waals surface area contributed by atoms with Crippen LogP contribution in [0.3, 0.4) is 0 Å². The average molecular weight is 201 g/mol. The van der Waals surface area contributed by atoms with E-state index in [9.17, 15) is 4.79 Å². The van der Waals surface area contributed by atoms with Crippen LogP contribution in [-0.4, -0.2) is 33.2 Å². The van der Waals surface area contributed by atoms with Crippen molar-refractivity contribution in [2.45, 2.75) is 24.7 Å². The predicted octanol–water partition coefficient (Wildman–Crippen LogP) is 0.0822. The second-order valence-electron chi connectivity index (χ2n) is 2.82. The number of thioether (sulfide) groups is 1. The van der Waals surface area contributed by atoms with Gasteiger partial charge in [0.25, 0.3) is 0 Å². The lowest BCUT2D eigenvalue weighted by Crippen LogP contribution is -2.16. The summed E-state index contributed by atoms with van der Waals surface area (Å²) in [6.07, 6.45) is 0.363. The van der Waals surface area contributed by atoms with Crippen molar-refractivity contribution in [2.24, 2.45) is 0 Å². The van der Waals surface area contributed by atoms with Gasteiger partial charge in [0, 0.05) is 12.3 Å². The van der Waals surface area contributed by atoms with Gasteiger partial charge in [-0.3, -0.25) is 4.57 Å². The number of H-pyrrole nitrogens is 1. The van der Waals surface area contributed by atoms with E-state index in [1.54, 1.807) is 16.3 Å². The van der Waals surface area contributed by atoms with Crippen molar-refractivity contribution < 1.29 is 4.74 Å². The van der Waals surface area contributed by atoms with Crippen LogP contribution in [0.2, 0.25) is 0 Å². The monoisotopic (exact) mass is 201 g/mol. The number of epoxide rings is 1. The lowest BCUT2D eigenvalue weighted by Gasteiger charge is -1.99. The molecule has 0 amide bonds. The van der Waals surface area contributed by atoms with Gasteiger partial charge in [-0.15, -0.1) is 5.10 Å². The van der Waals surface area contributed by atoms with E-state index in [4.69, 9.17) is 4.74 Å². The highest BCUT2D eigenvalue weighted by Crippen LogP contribution is 2.20. The maximum Gasteiger partial charge on any atom is 0.343 e. The Kier molecular flexibility index (Phi) is 2.41. The minimum Gasteiger partial charge on any atom is -0.372 e. The maximum atomic E-state index is 11.1. The van der Waals surface area contributed by atoms with E-state index in [0.29, 0.717) is 12.6 Å². The lowest BCUT2D eigenvalue weighted by atomic mass is 10.6. The third kappa shape index (κ3) is 1.94. The zero-order chi connectivity index (χ0) is 9.26. The van der Waals surface area contributed by atoms with Gasteiger partial charge in [0.1, 0.15) is 0 Å². The number of ether oxygens (including phenoxy) is 1. The Morgan fingerprint density at radius 3 is 3.23 bits per heavy atom. The minimum absolute atomic E-state index is 0.137. The Morgan fingerprint density at radius 2 is 2.62 bits per heavy atom. The normalized spacial score (nSPS) is 20.5. The van der Waals surface area contributed by atoms with Gasteiger partial charge >= 0.3 is 5.69 Å². The molecule has 1 fully saturated rings. The lowest BCUT2D eigenvalue weighted by molar-refractivity contribution is 0.426. The molecule has 0 aliphatic carbocycles. The van der Waals surface area contributed by atoms with E-state index in [0.717, 1.165) is 17.5 Å². The molecule has 2 heterocycles. The van der Waals surface area contributed by atoms with Crippen LogP contribution >= 0.6 is 11.8 Å². The molecular formula is C7H11N3O2S. The van der Waals surface area contributed by atoms with Crippen molar-refractivity contribution in [1.29, 1.82) is 0 Å². The van der Waals surface area contributed by atoms with Crippen molar-refractivity contribution in [2.75, 3.05) is 12.4 Å². The highest BCUT2D eigenvalue weighted by Gasteiger charge is 2.23. The van der Waals surface area contributed by atoms with Crippen LogP contribution in [-0.2, 0) is 11.3 Å². The summed E-state index contributed by atoms with van der Waals surface area (Å²) in [7, 11) is 0. The first kappa shape index (κ1) is 8.83. The topological polar surface area (TPSA) is 63.2 Å². The minimum atomic E-state index is -0.137. The number of hydrogen-bond donors (Lipinski definition) is 1. The summed E-state index contributed by atoms with van der Waals surface area (Å²) in [4.78, 5) is 11.1. The van der Waals surface area contributed by atoms with Crippen LogP contribution in [0.4, 0.5) is 0 Å². The Bertz CT molecular complexity index is 342. The van der Waals surface area contributed by atoms with Crippen LogP contribution in [0.5, 0.6) is 0 Å².